The largest absolute Gasteiger partial charge is 0.420 e. The molecule has 364 valence electrons. The third kappa shape index (κ3) is 10.3. The number of amides is 4. The minimum absolute atomic E-state index is 0.0761. The van der Waals surface area contributed by atoms with E-state index < -0.39 is 87.3 Å². The molecule has 22 heteroatoms. The van der Waals surface area contributed by atoms with Gasteiger partial charge in [0.25, 0.3) is 23.6 Å². The molecule has 0 aliphatic rings. The number of hydrogen-bond acceptors (Lipinski definition) is 10. The Bertz CT molecular complexity index is 3530. The highest BCUT2D eigenvalue weighted by Crippen LogP contribution is 2.41. The van der Waals surface area contributed by atoms with Crippen LogP contribution in [0.15, 0.2) is 146 Å². The summed E-state index contributed by atoms with van der Waals surface area (Å²) in [7, 11) is 0. The van der Waals surface area contributed by atoms with Crippen LogP contribution in [0.3, 0.4) is 0 Å². The normalized spacial score (nSPS) is 11.6. The second kappa shape index (κ2) is 19.3. The van der Waals surface area contributed by atoms with Crippen molar-refractivity contribution in [2.75, 3.05) is 27.4 Å². The van der Waals surface area contributed by atoms with Gasteiger partial charge in [-0.3, -0.25) is 19.2 Å². The zero-order valence-electron chi connectivity index (χ0n) is 36.6. The molecule has 0 saturated heterocycles. The summed E-state index contributed by atoms with van der Waals surface area (Å²) in [6, 6.07) is 28.3. The van der Waals surface area contributed by atoms with Crippen molar-refractivity contribution in [1.29, 1.82) is 0 Å². The highest BCUT2D eigenvalue weighted by molar-refractivity contribution is 6.12. The van der Waals surface area contributed by atoms with E-state index in [4.69, 9.17) is 26.7 Å². The van der Waals surface area contributed by atoms with E-state index >= 15 is 0 Å². The molecule has 16 nitrogen and oxygen atoms in total. The number of esters is 2. The number of nitrogens with one attached hydrogen (secondary N) is 4. The monoisotopic (exact) mass is 988 g/mol. The van der Waals surface area contributed by atoms with Gasteiger partial charge >= 0.3 is 24.3 Å². The number of H-pyrrole nitrogens is 1. The molecule has 0 saturated carbocycles. The van der Waals surface area contributed by atoms with Crippen molar-refractivity contribution in [3.8, 4) is 17.2 Å². The first-order chi connectivity index (χ1) is 34.2. The SMILES string of the molecule is NC(=O)c1c(OC(=O)/C=C\C(=O)Oc2c(C(=O)Nc3ccc(C(=O)Nc4ccccc4N)cc3)[nH]c3ccc(C(F)(F)F)cc23)c2cc(C(F)(F)F)ccc2n1-c1ccc(C(=O)Nc2ccccc2N)cc1. The Morgan fingerprint density at radius 2 is 1.04 bits per heavy atom. The van der Waals surface area contributed by atoms with Gasteiger partial charge in [0.2, 0.25) is 0 Å². The van der Waals surface area contributed by atoms with Crippen molar-refractivity contribution in [3.05, 3.63) is 179 Å². The maximum atomic E-state index is 14.0. The number of aromatic nitrogens is 2. The molecule has 0 radical (unpaired) electrons. The van der Waals surface area contributed by atoms with Gasteiger partial charge < -0.3 is 52.2 Å². The Morgan fingerprint density at radius 1 is 0.556 bits per heavy atom. The summed E-state index contributed by atoms with van der Waals surface area (Å²) in [4.78, 5) is 82.0. The number of rotatable bonds is 12. The van der Waals surface area contributed by atoms with Crippen LogP contribution in [0, 0.1) is 0 Å². The first-order valence-corrected chi connectivity index (χ1v) is 20.9. The summed E-state index contributed by atoms with van der Waals surface area (Å²) >= 11 is 0. The lowest BCUT2D eigenvalue weighted by molar-refractivity contribution is -0.138. The molecule has 2 aromatic heterocycles. The first kappa shape index (κ1) is 48.6. The number of anilines is 5. The van der Waals surface area contributed by atoms with Crippen molar-refractivity contribution < 1.29 is 64.6 Å². The zero-order valence-corrected chi connectivity index (χ0v) is 36.6. The second-order valence-electron chi connectivity index (χ2n) is 15.5. The number of benzene rings is 6. The van der Waals surface area contributed by atoms with E-state index in [1.165, 1.54) is 48.5 Å². The van der Waals surface area contributed by atoms with Gasteiger partial charge in [-0.05, 0) is 109 Å². The number of hydrogen-bond donors (Lipinski definition) is 7. The highest BCUT2D eigenvalue weighted by atomic mass is 19.4. The molecule has 0 spiro atoms. The van der Waals surface area contributed by atoms with Crippen molar-refractivity contribution in [1.82, 2.24) is 9.55 Å². The summed E-state index contributed by atoms with van der Waals surface area (Å²) in [6.07, 6.45) is -8.92. The molecule has 10 N–H and O–H groups in total. The van der Waals surface area contributed by atoms with E-state index in [9.17, 15) is 55.1 Å². The van der Waals surface area contributed by atoms with Gasteiger partial charge in [-0.25, -0.2) is 9.59 Å². The Kier molecular flexibility index (Phi) is 13.0. The lowest BCUT2D eigenvalue weighted by atomic mass is 10.1. The number of nitrogens with two attached hydrogens (primary N) is 3. The molecule has 8 aromatic rings. The topological polar surface area (TPSA) is 256 Å². The molecule has 0 aliphatic heterocycles. The number of primary amides is 1. The van der Waals surface area contributed by atoms with Crippen molar-refractivity contribution in [2.45, 2.75) is 12.4 Å². The Labute approximate surface area is 401 Å². The van der Waals surface area contributed by atoms with E-state index in [0.29, 0.717) is 53.5 Å². The van der Waals surface area contributed by atoms with Crippen LogP contribution >= 0.6 is 0 Å². The number of ether oxygens (including phenoxy) is 2. The van der Waals surface area contributed by atoms with Crippen LogP contribution in [-0.2, 0) is 21.9 Å². The van der Waals surface area contributed by atoms with Gasteiger partial charge in [0.1, 0.15) is 5.69 Å². The lowest BCUT2D eigenvalue weighted by Crippen LogP contribution is -2.19. The zero-order chi connectivity index (χ0) is 51.6. The van der Waals surface area contributed by atoms with Gasteiger partial charge in [0.15, 0.2) is 17.2 Å². The Balaban J connectivity index is 1.06. The highest BCUT2D eigenvalue weighted by Gasteiger charge is 2.34. The van der Waals surface area contributed by atoms with Crippen LogP contribution < -0.4 is 42.6 Å². The quantitative estimate of drug-likeness (QED) is 0.0264. The second-order valence-corrected chi connectivity index (χ2v) is 15.5. The van der Waals surface area contributed by atoms with E-state index in [2.05, 4.69) is 20.9 Å². The van der Waals surface area contributed by atoms with Crippen LogP contribution in [0.25, 0.3) is 27.5 Å². The summed E-state index contributed by atoms with van der Waals surface area (Å²) in [5.41, 5.74) is 15.5. The van der Waals surface area contributed by atoms with Gasteiger partial charge in [-0.15, -0.1) is 0 Å². The standard InChI is InChI=1S/C50H34F6N8O8/c51-49(52,53)27-13-19-35-31(23-27)43(41(61-35)48(70)60-29-15-9-25(10-16-29)46(68)62-36-7-3-1-5-33(36)57)71-39(65)21-22-40(66)72-44-32-24-28(50(54,55)56)14-20-38(32)64(42(44)45(59)67)30-17-11-26(12-18-30)47(69)63-37-8-4-2-6-34(37)58/h1-24,61H,57-58H2,(H2,59,67)(H,60,70)(H,62,68)(H,63,69)/b22-21-. The molecule has 8 rings (SSSR count). The van der Waals surface area contributed by atoms with Crippen LogP contribution in [0.4, 0.5) is 54.8 Å². The Hall–Kier alpha value is -9.86. The summed E-state index contributed by atoms with van der Waals surface area (Å²) in [5.74, 6) is -7.84. The predicted molar refractivity (Wildman–Crippen MR) is 253 cm³/mol. The van der Waals surface area contributed by atoms with E-state index in [-0.39, 0.29) is 44.6 Å². The fourth-order valence-corrected chi connectivity index (χ4v) is 7.32. The van der Waals surface area contributed by atoms with Crippen LogP contribution in [0.1, 0.15) is 52.8 Å². The maximum absolute atomic E-state index is 14.0. The number of nitrogens with zero attached hydrogens (tertiary/aromatic N) is 1. The summed E-state index contributed by atoms with van der Waals surface area (Å²) in [5, 5.41) is 6.96. The molecular weight excluding hydrogens is 955 g/mol. The van der Waals surface area contributed by atoms with Gasteiger partial charge in [-0.2, -0.15) is 26.3 Å². The molecule has 0 aliphatic carbocycles. The van der Waals surface area contributed by atoms with Crippen LogP contribution in [0.2, 0.25) is 0 Å². The number of carbonyl (C=O) groups is 6. The number of alkyl halides is 6. The minimum Gasteiger partial charge on any atom is -0.420 e. The molecule has 0 atom stereocenters. The number of carbonyl (C=O) groups excluding carboxylic acids is 6. The first-order valence-electron chi connectivity index (χ1n) is 20.9. The smallest absolute Gasteiger partial charge is 0.416 e. The number of fused-ring (bicyclic) bond motifs is 2. The number of aromatic amines is 1. The number of nitrogen functional groups attached to an aromatic ring is 2. The fourth-order valence-electron chi connectivity index (χ4n) is 7.32. The summed E-state index contributed by atoms with van der Waals surface area (Å²) < 4.78 is 95.5. The van der Waals surface area contributed by atoms with Gasteiger partial charge in [0.05, 0.1) is 39.4 Å². The van der Waals surface area contributed by atoms with Crippen molar-refractivity contribution >= 4 is 85.8 Å². The minimum atomic E-state index is -4.93. The third-order valence-electron chi connectivity index (χ3n) is 10.8. The molecular formula is C50H34F6N8O8. The third-order valence-corrected chi connectivity index (χ3v) is 10.8. The van der Waals surface area contributed by atoms with Crippen LogP contribution in [-0.4, -0.2) is 45.1 Å². The van der Waals surface area contributed by atoms with Crippen molar-refractivity contribution in [2.24, 2.45) is 5.73 Å². The Morgan fingerprint density at radius 3 is 1.56 bits per heavy atom. The van der Waals surface area contributed by atoms with E-state index in [0.717, 1.165) is 16.7 Å². The average Bonchev–Trinajstić information content (AvgIpc) is 3.86. The molecule has 2 heterocycles. The van der Waals surface area contributed by atoms with Gasteiger partial charge in [0, 0.05) is 50.9 Å². The van der Waals surface area contributed by atoms with E-state index in [1.54, 1.807) is 48.5 Å². The molecule has 0 bridgehead atoms. The van der Waals surface area contributed by atoms with E-state index in [1.807, 2.05) is 0 Å². The molecule has 0 fully saturated rings. The van der Waals surface area contributed by atoms with Crippen LogP contribution in [0.5, 0.6) is 11.5 Å². The average molecular weight is 989 g/mol. The number of halogens is 6. The molecule has 72 heavy (non-hydrogen) atoms. The molecule has 4 amide bonds. The van der Waals surface area contributed by atoms with Crippen molar-refractivity contribution in [3.63, 3.8) is 0 Å². The lowest BCUT2D eigenvalue weighted by Gasteiger charge is -2.12. The summed E-state index contributed by atoms with van der Waals surface area (Å²) in [6.45, 7) is 0. The molecule has 0 unspecified atom stereocenters. The number of para-hydroxylation sites is 4. The fraction of sp³-hybridized carbons (Fsp3) is 0.0400. The maximum Gasteiger partial charge on any atom is 0.416 e. The predicted octanol–water partition coefficient (Wildman–Crippen LogP) is 9.24. The van der Waals surface area contributed by atoms with Gasteiger partial charge in [-0.1, -0.05) is 24.3 Å². The molecule has 6 aromatic carbocycles.